The molecular formula is C28H42ClNO4Si. The van der Waals surface area contributed by atoms with E-state index in [-0.39, 0.29) is 12.5 Å². The van der Waals surface area contributed by atoms with Gasteiger partial charge in [0.05, 0.1) is 0 Å². The van der Waals surface area contributed by atoms with E-state index in [1.807, 2.05) is 12.1 Å². The molecular weight excluding hydrogens is 478 g/mol. The molecule has 3 unspecified atom stereocenters. The Kier molecular flexibility index (Phi) is 10.9. The molecule has 1 heterocycles. The number of aliphatic carboxylic acids is 1. The molecule has 1 aromatic rings. The largest absolute Gasteiger partial charge is 0.480 e. The van der Waals surface area contributed by atoms with Crippen LogP contribution in [-0.2, 0) is 14.3 Å². The second kappa shape index (κ2) is 12.9. The lowest BCUT2D eigenvalue weighted by Crippen LogP contribution is -2.57. The molecule has 2 rings (SSSR count). The lowest BCUT2D eigenvalue weighted by Gasteiger charge is -2.42. The van der Waals surface area contributed by atoms with Crippen molar-refractivity contribution >= 4 is 31.6 Å². The second-order valence-corrected chi connectivity index (χ2v) is 16.6. The predicted molar refractivity (Wildman–Crippen MR) is 145 cm³/mol. The van der Waals surface area contributed by atoms with Crippen LogP contribution in [0.5, 0.6) is 0 Å². The zero-order chi connectivity index (χ0) is 26.3. The number of carbonyl (C=O) groups is 2. The van der Waals surface area contributed by atoms with E-state index in [9.17, 15) is 14.7 Å². The molecule has 0 bridgehead atoms. The summed E-state index contributed by atoms with van der Waals surface area (Å²) in [6.45, 7) is 15.3. The van der Waals surface area contributed by atoms with Crippen molar-refractivity contribution in [2.75, 3.05) is 6.61 Å². The molecule has 3 atom stereocenters. The Morgan fingerprint density at radius 1 is 1.11 bits per heavy atom. The monoisotopic (exact) mass is 519 g/mol. The quantitative estimate of drug-likeness (QED) is 0.208. The molecule has 0 aromatic heterocycles. The minimum absolute atomic E-state index is 0.163. The van der Waals surface area contributed by atoms with Gasteiger partial charge in [-0.3, -0.25) is 4.79 Å². The zero-order valence-corrected chi connectivity index (χ0v) is 24.1. The number of hydrogen-bond acceptors (Lipinski definition) is 3. The van der Waals surface area contributed by atoms with Crippen molar-refractivity contribution in [2.24, 2.45) is 0 Å². The van der Waals surface area contributed by atoms with Gasteiger partial charge in [-0.25, -0.2) is 4.79 Å². The molecule has 1 amide bonds. The van der Waals surface area contributed by atoms with Gasteiger partial charge in [0.2, 0.25) is 5.91 Å². The number of nitrogens with zero attached hydrogens (tertiary/aromatic N) is 1. The predicted octanol–water partition coefficient (Wildman–Crippen LogP) is 6.86. The molecule has 5 nitrogen and oxygen atoms in total. The molecule has 0 radical (unpaired) electrons. The standard InChI is InChI=1S/C28H42ClNO4Si/c1-8-9-10-11-25(28(32)33)30-24(16-17-35(19(2)3,20(4)5)21(6)7)27(34-18-26(30)31)22-12-14-23(29)15-13-22/h12-15,19-21,24-25,27H,8-11,18H2,1-7H3,(H,32,33). The van der Waals surface area contributed by atoms with Crippen LogP contribution in [0.15, 0.2) is 24.3 Å². The summed E-state index contributed by atoms with van der Waals surface area (Å²) in [5.41, 5.74) is 5.81. The lowest BCUT2D eigenvalue weighted by atomic mass is 9.96. The summed E-state index contributed by atoms with van der Waals surface area (Å²) in [6, 6.07) is 5.72. The highest BCUT2D eigenvalue weighted by Gasteiger charge is 2.45. The van der Waals surface area contributed by atoms with Gasteiger partial charge >= 0.3 is 5.97 Å². The first-order valence-corrected chi connectivity index (χ1v) is 15.5. The van der Waals surface area contributed by atoms with Crippen molar-refractivity contribution in [3.05, 3.63) is 34.9 Å². The minimum Gasteiger partial charge on any atom is -0.480 e. The number of carboxylic acid groups (broad SMARTS) is 1. The van der Waals surface area contributed by atoms with Gasteiger partial charge in [0.15, 0.2) is 0 Å². The highest BCUT2D eigenvalue weighted by atomic mass is 35.5. The van der Waals surface area contributed by atoms with Crippen LogP contribution in [0.1, 0.15) is 85.8 Å². The van der Waals surface area contributed by atoms with Crippen LogP contribution in [0, 0.1) is 11.5 Å². The smallest absolute Gasteiger partial charge is 0.326 e. The number of rotatable bonds is 10. The van der Waals surface area contributed by atoms with E-state index >= 15 is 0 Å². The highest BCUT2D eigenvalue weighted by Crippen LogP contribution is 2.41. The summed E-state index contributed by atoms with van der Waals surface area (Å²) < 4.78 is 6.05. The summed E-state index contributed by atoms with van der Waals surface area (Å²) in [6.07, 6.45) is 2.51. The van der Waals surface area contributed by atoms with Gasteiger partial charge in [-0.05, 0) is 40.7 Å². The van der Waals surface area contributed by atoms with Gasteiger partial charge in [0, 0.05) is 5.02 Å². The summed E-state index contributed by atoms with van der Waals surface area (Å²) in [5, 5.41) is 10.8. The molecule has 194 valence electrons. The number of ether oxygens (including phenoxy) is 1. The van der Waals surface area contributed by atoms with E-state index in [4.69, 9.17) is 16.3 Å². The maximum atomic E-state index is 13.2. The van der Waals surface area contributed by atoms with E-state index in [0.717, 1.165) is 24.8 Å². The molecule has 1 fully saturated rings. The number of unbranched alkanes of at least 4 members (excludes halogenated alkanes) is 2. The van der Waals surface area contributed by atoms with Gasteiger partial charge in [-0.15, -0.1) is 5.54 Å². The second-order valence-electron chi connectivity index (χ2n) is 10.5. The number of carboxylic acids is 1. The van der Waals surface area contributed by atoms with Crippen molar-refractivity contribution in [1.29, 1.82) is 0 Å². The van der Waals surface area contributed by atoms with E-state index in [1.54, 1.807) is 12.1 Å². The van der Waals surface area contributed by atoms with Gasteiger partial charge in [-0.1, -0.05) is 97.4 Å². The average Bonchev–Trinajstić information content (AvgIpc) is 2.78. The maximum Gasteiger partial charge on any atom is 0.326 e. The third kappa shape index (κ3) is 6.70. The highest BCUT2D eigenvalue weighted by molar-refractivity contribution is 6.90. The molecule has 0 saturated carbocycles. The summed E-state index contributed by atoms with van der Waals surface area (Å²) in [4.78, 5) is 27.1. The first kappa shape index (κ1) is 29.4. The van der Waals surface area contributed by atoms with Crippen molar-refractivity contribution in [3.8, 4) is 11.5 Å². The van der Waals surface area contributed by atoms with Gasteiger partial charge in [0.25, 0.3) is 0 Å². The van der Waals surface area contributed by atoms with Crippen LogP contribution in [0.3, 0.4) is 0 Å². The van der Waals surface area contributed by atoms with Crippen LogP contribution in [0.25, 0.3) is 0 Å². The third-order valence-corrected chi connectivity index (χ3v) is 14.0. The van der Waals surface area contributed by atoms with Crippen molar-refractivity contribution in [3.63, 3.8) is 0 Å². The Morgan fingerprint density at radius 3 is 2.17 bits per heavy atom. The lowest BCUT2D eigenvalue weighted by molar-refractivity contribution is -0.167. The molecule has 0 spiro atoms. The topological polar surface area (TPSA) is 66.8 Å². The summed E-state index contributed by atoms with van der Waals surface area (Å²) in [7, 11) is -2.12. The Bertz CT molecular complexity index is 897. The fourth-order valence-corrected chi connectivity index (χ4v) is 11.1. The molecule has 1 saturated heterocycles. The fraction of sp³-hybridized carbons (Fsp3) is 0.643. The summed E-state index contributed by atoms with van der Waals surface area (Å²) >= 11 is 6.12. The van der Waals surface area contributed by atoms with E-state index < -0.39 is 32.2 Å². The molecule has 0 aliphatic carbocycles. The minimum atomic E-state index is -2.12. The van der Waals surface area contributed by atoms with E-state index in [2.05, 4.69) is 59.9 Å². The zero-order valence-electron chi connectivity index (χ0n) is 22.3. The van der Waals surface area contributed by atoms with Crippen LogP contribution in [0.4, 0.5) is 0 Å². The first-order chi connectivity index (χ1) is 16.5. The van der Waals surface area contributed by atoms with Crippen LogP contribution >= 0.6 is 11.6 Å². The number of halogens is 1. The Hall–Kier alpha value is -1.81. The van der Waals surface area contributed by atoms with Gasteiger partial charge in [0.1, 0.15) is 32.9 Å². The molecule has 1 N–H and O–H groups in total. The Balaban J connectivity index is 2.67. The van der Waals surface area contributed by atoms with Crippen LogP contribution in [0.2, 0.25) is 21.6 Å². The number of morpholine rings is 1. The van der Waals surface area contributed by atoms with Gasteiger partial charge in [-0.2, -0.15) is 0 Å². The van der Waals surface area contributed by atoms with Crippen molar-refractivity contribution in [2.45, 2.75) is 109 Å². The van der Waals surface area contributed by atoms with Crippen molar-refractivity contribution < 1.29 is 19.4 Å². The van der Waals surface area contributed by atoms with Crippen LogP contribution in [-0.4, -0.2) is 48.6 Å². The molecule has 35 heavy (non-hydrogen) atoms. The first-order valence-electron chi connectivity index (χ1n) is 12.9. The summed E-state index contributed by atoms with van der Waals surface area (Å²) in [5.74, 6) is 2.17. The fourth-order valence-electron chi connectivity index (χ4n) is 5.67. The van der Waals surface area contributed by atoms with Crippen molar-refractivity contribution in [1.82, 2.24) is 4.90 Å². The molecule has 1 aromatic carbocycles. The number of hydrogen-bond donors (Lipinski definition) is 1. The SMILES string of the molecule is CCCCCC(C(=O)O)N1C(=O)COC(c2ccc(Cl)cc2)C1C#C[Si](C(C)C)(C(C)C)C(C)C. The number of benzene rings is 1. The Morgan fingerprint density at radius 2 is 1.69 bits per heavy atom. The average molecular weight is 520 g/mol. The van der Waals surface area contributed by atoms with E-state index in [1.165, 1.54) is 4.90 Å². The number of carbonyl (C=O) groups excluding carboxylic acids is 1. The molecule has 1 aliphatic rings. The normalized spacial score (nSPS) is 19.7. The number of amides is 1. The third-order valence-electron chi connectivity index (χ3n) is 7.46. The molecule has 1 aliphatic heterocycles. The van der Waals surface area contributed by atoms with Gasteiger partial charge < -0.3 is 14.7 Å². The van der Waals surface area contributed by atoms with E-state index in [0.29, 0.717) is 28.1 Å². The maximum absolute atomic E-state index is 13.2. The molecule has 7 heteroatoms. The Labute approximate surface area is 217 Å². The van der Waals surface area contributed by atoms with Crippen LogP contribution < -0.4 is 0 Å².